The molecule has 11 N–H and O–H groups in total. The van der Waals surface area contributed by atoms with Crippen molar-refractivity contribution in [2.45, 2.75) is 24.4 Å². The minimum atomic E-state index is -2.11. The lowest BCUT2D eigenvalue weighted by Crippen LogP contribution is -2.57. The molecule has 0 radical (unpaired) electrons. The standard InChI is InChI=1S/C7H22N6O15/c1-8-2-4(25-10(16)17)6(27-12(20)21)7(28-13(22)23)5(26-11(18)19)3-24-9(14)15/h4-8,14-23H,2-3H2,1H3/t4-,5+,6+,7+/m0/s1. The van der Waals surface area contributed by atoms with Gasteiger partial charge >= 0.3 is 0 Å². The van der Waals surface area contributed by atoms with E-state index < -0.39 is 58.0 Å². The average Bonchev–Trinajstić information content (AvgIpc) is 2.53. The van der Waals surface area contributed by atoms with Crippen LogP contribution in [0, 0.1) is 0 Å². The number of hydrogen-bond acceptors (Lipinski definition) is 21. The van der Waals surface area contributed by atoms with Gasteiger partial charge in [0.25, 0.3) is 0 Å². The normalized spacial score (nSPS) is 17.1. The van der Waals surface area contributed by atoms with E-state index >= 15 is 0 Å². The number of rotatable bonds is 16. The monoisotopic (exact) mass is 430 g/mol. The molecule has 0 aliphatic rings. The first-order chi connectivity index (χ1) is 13.0. The van der Waals surface area contributed by atoms with Crippen LogP contribution in [0.25, 0.3) is 0 Å². The van der Waals surface area contributed by atoms with Crippen molar-refractivity contribution in [2.75, 3.05) is 20.2 Å². The maximum Gasteiger partial charge on any atom is 0.146 e. The quantitative estimate of drug-likeness (QED) is 0.107. The molecule has 0 fully saturated rings. The largest absolute Gasteiger partial charge is 0.317 e. The van der Waals surface area contributed by atoms with E-state index in [4.69, 9.17) is 52.1 Å². The van der Waals surface area contributed by atoms with Gasteiger partial charge in [0, 0.05) is 6.54 Å². The van der Waals surface area contributed by atoms with Crippen LogP contribution >= 0.6 is 0 Å². The number of likely N-dealkylation sites (N-methyl/N-ethyl adjacent to an activating group) is 1. The Labute approximate surface area is 154 Å². The van der Waals surface area contributed by atoms with Crippen LogP contribution in [0.15, 0.2) is 0 Å². The first-order valence-corrected chi connectivity index (χ1v) is 6.81. The molecule has 0 unspecified atom stereocenters. The first kappa shape index (κ1) is 27.2. The Balaban J connectivity index is 5.89. The minimum absolute atomic E-state index is 0.380. The summed E-state index contributed by atoms with van der Waals surface area (Å²) in [5.41, 5.74) is 0. The van der Waals surface area contributed by atoms with E-state index in [1.165, 1.54) is 7.05 Å². The van der Waals surface area contributed by atoms with Gasteiger partial charge in [-0.3, -0.25) is 52.1 Å². The van der Waals surface area contributed by atoms with Crippen LogP contribution in [0.4, 0.5) is 0 Å². The first-order valence-electron chi connectivity index (χ1n) is 6.81. The predicted molar refractivity (Wildman–Crippen MR) is 66.4 cm³/mol. The zero-order chi connectivity index (χ0) is 21.9. The lowest BCUT2D eigenvalue weighted by atomic mass is 10.0. The maximum absolute atomic E-state index is 8.93. The summed E-state index contributed by atoms with van der Waals surface area (Å²) >= 11 is 0. The topological polar surface area (TPSA) is 277 Å². The molecule has 0 aromatic carbocycles. The summed E-state index contributed by atoms with van der Waals surface area (Å²) in [6.45, 7) is -1.44. The van der Waals surface area contributed by atoms with Gasteiger partial charge in [0.05, 0.1) is 26.9 Å². The molecule has 0 aliphatic heterocycles. The van der Waals surface area contributed by atoms with Crippen molar-refractivity contribution in [3.05, 3.63) is 0 Å². The fourth-order valence-electron chi connectivity index (χ4n) is 1.88. The van der Waals surface area contributed by atoms with Crippen molar-refractivity contribution in [2.24, 2.45) is 0 Å². The second-order valence-electron chi connectivity index (χ2n) is 4.54. The van der Waals surface area contributed by atoms with Gasteiger partial charge in [-0.05, 0) is 7.05 Å². The highest BCUT2D eigenvalue weighted by Crippen LogP contribution is 2.20. The summed E-state index contributed by atoms with van der Waals surface area (Å²) in [6, 6.07) is 0. The lowest BCUT2D eigenvalue weighted by Gasteiger charge is -2.36. The van der Waals surface area contributed by atoms with Gasteiger partial charge in [0.15, 0.2) is 0 Å². The third kappa shape index (κ3) is 11.9. The smallest absolute Gasteiger partial charge is 0.146 e. The Bertz CT molecular complexity index is 390. The van der Waals surface area contributed by atoms with Crippen LogP contribution < -0.4 is 5.32 Å². The second kappa shape index (κ2) is 14.2. The van der Waals surface area contributed by atoms with E-state index in [0.717, 1.165) is 0 Å². The summed E-state index contributed by atoms with van der Waals surface area (Å²) in [6.07, 6.45) is -7.80. The highest BCUT2D eigenvalue weighted by molar-refractivity contribution is 4.85. The molecule has 28 heavy (non-hydrogen) atoms. The van der Waals surface area contributed by atoms with E-state index in [-0.39, 0.29) is 6.54 Å². The van der Waals surface area contributed by atoms with Crippen LogP contribution in [0.2, 0.25) is 0 Å². The fourth-order valence-corrected chi connectivity index (χ4v) is 1.88. The van der Waals surface area contributed by atoms with Gasteiger partial charge in [-0.1, -0.05) is 0 Å². The Morgan fingerprint density at radius 3 is 1.36 bits per heavy atom. The zero-order valence-corrected chi connectivity index (χ0v) is 14.0. The molecule has 21 nitrogen and oxygen atoms in total. The lowest BCUT2D eigenvalue weighted by molar-refractivity contribution is -0.576. The van der Waals surface area contributed by atoms with E-state index in [1.54, 1.807) is 0 Å². The molecule has 0 bridgehead atoms. The zero-order valence-electron chi connectivity index (χ0n) is 14.0. The Hall–Kier alpha value is -0.840. The molecule has 0 rings (SSSR count). The molecule has 0 amide bonds. The molecule has 0 aromatic rings. The highest BCUT2D eigenvalue weighted by Gasteiger charge is 2.44. The highest BCUT2D eigenvalue weighted by atomic mass is 17.1. The molecule has 4 atom stereocenters. The number of nitrogens with one attached hydrogen (secondary N) is 1. The molecule has 0 spiro atoms. The van der Waals surface area contributed by atoms with Gasteiger partial charge < -0.3 is 5.32 Å². The van der Waals surface area contributed by atoms with Gasteiger partial charge in [0.1, 0.15) is 31.0 Å². The van der Waals surface area contributed by atoms with E-state index in [0.29, 0.717) is 0 Å². The summed E-state index contributed by atoms with van der Waals surface area (Å²) in [7, 11) is 1.33. The Morgan fingerprint density at radius 1 is 0.607 bits per heavy atom. The van der Waals surface area contributed by atoms with Crippen LogP contribution in [0.3, 0.4) is 0 Å². The molecule has 170 valence electrons. The van der Waals surface area contributed by atoms with Crippen LogP contribution in [-0.2, 0) is 24.2 Å². The third-order valence-corrected chi connectivity index (χ3v) is 2.71. The minimum Gasteiger partial charge on any atom is -0.317 e. The molecule has 0 heterocycles. The van der Waals surface area contributed by atoms with Crippen LogP contribution in [0.1, 0.15) is 0 Å². The van der Waals surface area contributed by atoms with Gasteiger partial charge in [-0.15, -0.1) is 0 Å². The Kier molecular flexibility index (Phi) is 13.8. The van der Waals surface area contributed by atoms with Crippen molar-refractivity contribution in [3.8, 4) is 0 Å². The molecular weight excluding hydrogens is 408 g/mol. The molecule has 0 saturated carbocycles. The van der Waals surface area contributed by atoms with Crippen molar-refractivity contribution >= 4 is 0 Å². The van der Waals surface area contributed by atoms with Crippen molar-refractivity contribution < 1.29 is 76.3 Å². The fraction of sp³-hybridized carbons (Fsp3) is 1.00. The third-order valence-electron chi connectivity index (χ3n) is 2.71. The SMILES string of the molecule is CNC[C@H](ON(O)O)[C@@H](ON(O)O)[C@H](ON(O)O)[C@@H](CON(O)O)ON(O)O. The van der Waals surface area contributed by atoms with Crippen LogP contribution in [0.5, 0.6) is 0 Å². The summed E-state index contributed by atoms with van der Waals surface area (Å²) < 4.78 is 0. The van der Waals surface area contributed by atoms with Crippen molar-refractivity contribution in [1.82, 2.24) is 32.3 Å². The summed E-state index contributed by atoms with van der Waals surface area (Å²) in [5, 5.41) is 86.2. The molecule has 21 heteroatoms. The van der Waals surface area contributed by atoms with Gasteiger partial charge in [-0.2, -0.15) is 0 Å². The van der Waals surface area contributed by atoms with E-state index in [1.807, 2.05) is 0 Å². The average molecular weight is 430 g/mol. The number of nitrogens with zero attached hydrogens (tertiary/aromatic N) is 5. The molecule has 0 aliphatic carbocycles. The van der Waals surface area contributed by atoms with E-state index in [2.05, 4.69) is 29.5 Å². The van der Waals surface area contributed by atoms with Gasteiger partial charge in [0.2, 0.25) is 0 Å². The molecule has 0 saturated heterocycles. The van der Waals surface area contributed by atoms with Gasteiger partial charge in [-0.25, -0.2) is 24.2 Å². The summed E-state index contributed by atoms with van der Waals surface area (Å²) in [5.74, 6) is 0. The number of hydrogen-bond donors (Lipinski definition) is 11. The maximum atomic E-state index is 8.93. The summed E-state index contributed by atoms with van der Waals surface area (Å²) in [4.78, 5) is 22.0. The van der Waals surface area contributed by atoms with Crippen molar-refractivity contribution in [1.29, 1.82) is 0 Å². The molecular formula is C7H22N6O15. The van der Waals surface area contributed by atoms with Crippen LogP contribution in [-0.4, -0.2) is 124 Å². The molecule has 0 aromatic heterocycles. The predicted octanol–water partition coefficient (Wildman–Crippen LogP) is -3.26. The van der Waals surface area contributed by atoms with Crippen molar-refractivity contribution in [3.63, 3.8) is 0 Å². The van der Waals surface area contributed by atoms with E-state index in [9.17, 15) is 0 Å². The second-order valence-corrected chi connectivity index (χ2v) is 4.54. The Morgan fingerprint density at radius 2 is 1.00 bits per heavy atom.